The molecule has 7 heteroatoms. The third kappa shape index (κ3) is 1.95. The van der Waals surface area contributed by atoms with E-state index in [1.165, 1.54) is 12.1 Å². The molecule has 0 unspecified atom stereocenters. The van der Waals surface area contributed by atoms with Crippen molar-refractivity contribution in [1.82, 2.24) is 10.0 Å². The monoisotopic (exact) mass is 259 g/mol. The average molecular weight is 259 g/mol. The van der Waals surface area contributed by atoms with E-state index in [0.29, 0.717) is 0 Å². The van der Waals surface area contributed by atoms with Crippen LogP contribution in [0.25, 0.3) is 10.9 Å². The van der Waals surface area contributed by atoms with Crippen LogP contribution < -0.4 is 10.9 Å². The van der Waals surface area contributed by atoms with Crippen LogP contribution >= 0.6 is 0 Å². The van der Waals surface area contributed by atoms with Crippen molar-refractivity contribution in [1.29, 1.82) is 5.26 Å². The van der Waals surface area contributed by atoms with Crippen molar-refractivity contribution in [3.05, 3.63) is 40.2 Å². The molecule has 1 heterocycles. The summed E-state index contributed by atoms with van der Waals surface area (Å²) in [5, 5.41) is 30.3. The lowest BCUT2D eigenvalue weighted by Gasteiger charge is -2.09. The van der Waals surface area contributed by atoms with Gasteiger partial charge in [-0.25, -0.2) is 0 Å². The number of hydrogen-bond acceptors (Lipinski definition) is 5. The van der Waals surface area contributed by atoms with Gasteiger partial charge in [-0.15, -0.1) is 4.73 Å². The maximum atomic E-state index is 11.8. The molecule has 3 N–H and O–H groups in total. The quantitative estimate of drug-likeness (QED) is 0.526. The molecule has 1 aromatic carbocycles. The molecule has 0 fully saturated rings. The number of nitrogens with one attached hydrogen (secondary N) is 1. The minimum Gasteiger partial charge on any atom is -0.506 e. The first-order valence-corrected chi connectivity index (χ1v) is 5.29. The Bertz CT molecular complexity index is 758. The Morgan fingerprint density at radius 2 is 2.11 bits per heavy atom. The van der Waals surface area contributed by atoms with Crippen LogP contribution in [0.5, 0.6) is 5.75 Å². The second kappa shape index (κ2) is 4.70. The summed E-state index contributed by atoms with van der Waals surface area (Å²) < 4.78 is 0.288. The molecule has 0 saturated carbocycles. The fourth-order valence-corrected chi connectivity index (χ4v) is 1.72. The van der Waals surface area contributed by atoms with Gasteiger partial charge in [0.05, 0.1) is 11.6 Å². The van der Waals surface area contributed by atoms with Crippen molar-refractivity contribution in [3.63, 3.8) is 0 Å². The Balaban J connectivity index is 2.72. The van der Waals surface area contributed by atoms with Gasteiger partial charge in [0.25, 0.3) is 11.5 Å². The maximum absolute atomic E-state index is 11.8. The zero-order valence-corrected chi connectivity index (χ0v) is 9.62. The number of carbonyl (C=O) groups is 1. The van der Waals surface area contributed by atoms with Crippen molar-refractivity contribution >= 4 is 16.8 Å². The van der Waals surface area contributed by atoms with Gasteiger partial charge in [0.15, 0.2) is 5.56 Å². The van der Waals surface area contributed by atoms with Gasteiger partial charge in [-0.2, -0.15) is 5.26 Å². The van der Waals surface area contributed by atoms with Crippen LogP contribution in [-0.2, 0) is 0 Å². The molecule has 96 valence electrons. The zero-order chi connectivity index (χ0) is 14.0. The summed E-state index contributed by atoms with van der Waals surface area (Å²) in [4.78, 5) is 23.5. The second-order valence-corrected chi connectivity index (χ2v) is 3.70. The first kappa shape index (κ1) is 12.4. The summed E-state index contributed by atoms with van der Waals surface area (Å²) in [6.07, 6.45) is 0. The first-order chi connectivity index (χ1) is 9.07. The van der Waals surface area contributed by atoms with Crippen molar-refractivity contribution in [2.75, 3.05) is 6.54 Å². The van der Waals surface area contributed by atoms with Crippen LogP contribution in [-0.4, -0.2) is 27.5 Å². The Morgan fingerprint density at radius 3 is 2.79 bits per heavy atom. The Labute approximate surface area is 106 Å². The highest BCUT2D eigenvalue weighted by Gasteiger charge is 2.21. The lowest BCUT2D eigenvalue weighted by molar-refractivity contribution is 0.0948. The molecule has 1 aromatic heterocycles. The standard InChI is InChI=1S/C12H9N3O4/c13-5-6-14-11(17)9-10(16)7-3-1-2-4-8(7)15(19)12(9)18/h1-4,16,19H,6H2,(H,14,17). The van der Waals surface area contributed by atoms with Crippen LogP contribution in [0.3, 0.4) is 0 Å². The zero-order valence-electron chi connectivity index (χ0n) is 9.62. The number of pyridine rings is 1. The molecule has 0 aliphatic rings. The number of aromatic hydroxyl groups is 1. The van der Waals surface area contributed by atoms with E-state index in [4.69, 9.17) is 5.26 Å². The highest BCUT2D eigenvalue weighted by Crippen LogP contribution is 2.25. The number of amides is 1. The highest BCUT2D eigenvalue weighted by molar-refractivity contribution is 6.02. The molecule has 1 amide bonds. The predicted octanol–water partition coefficient (Wildman–Crippen LogP) is 0.198. The first-order valence-electron chi connectivity index (χ1n) is 5.29. The molecular weight excluding hydrogens is 250 g/mol. The number of rotatable bonds is 2. The SMILES string of the molecule is N#CCNC(=O)c1c(O)c2ccccc2n(O)c1=O. The predicted molar refractivity (Wildman–Crippen MR) is 65.0 cm³/mol. The van der Waals surface area contributed by atoms with Gasteiger partial charge >= 0.3 is 0 Å². The summed E-state index contributed by atoms with van der Waals surface area (Å²) in [7, 11) is 0. The van der Waals surface area contributed by atoms with Gasteiger partial charge in [0, 0.05) is 5.39 Å². The van der Waals surface area contributed by atoms with Crippen molar-refractivity contribution in [3.8, 4) is 11.8 Å². The summed E-state index contributed by atoms with van der Waals surface area (Å²) in [6, 6.07) is 7.71. The molecule has 0 aliphatic heterocycles. The normalized spacial score (nSPS) is 10.1. The average Bonchev–Trinajstić information content (AvgIpc) is 2.43. The molecule has 0 bridgehead atoms. The Kier molecular flexibility index (Phi) is 3.08. The fraction of sp³-hybridized carbons (Fsp3) is 0.0833. The third-order valence-electron chi connectivity index (χ3n) is 2.59. The van der Waals surface area contributed by atoms with E-state index >= 15 is 0 Å². The molecule has 7 nitrogen and oxygen atoms in total. The van der Waals surface area contributed by atoms with Crippen LogP contribution in [0, 0.1) is 11.3 Å². The van der Waals surface area contributed by atoms with Crippen molar-refractivity contribution in [2.24, 2.45) is 0 Å². The molecule has 0 radical (unpaired) electrons. The molecule has 2 aromatic rings. The molecular formula is C12H9N3O4. The van der Waals surface area contributed by atoms with E-state index in [0.717, 1.165) is 0 Å². The number of hydrogen-bond donors (Lipinski definition) is 3. The van der Waals surface area contributed by atoms with Crippen LogP contribution in [0.4, 0.5) is 0 Å². The minimum absolute atomic E-state index is 0.0850. The molecule has 0 atom stereocenters. The van der Waals surface area contributed by atoms with Crippen LogP contribution in [0.2, 0.25) is 0 Å². The summed E-state index contributed by atoms with van der Waals surface area (Å²) in [5.41, 5.74) is -1.56. The number of carbonyl (C=O) groups excluding carboxylic acids is 1. The number of benzene rings is 1. The lowest BCUT2D eigenvalue weighted by Crippen LogP contribution is -2.33. The van der Waals surface area contributed by atoms with Gasteiger partial charge in [-0.1, -0.05) is 12.1 Å². The molecule has 0 spiro atoms. The second-order valence-electron chi connectivity index (χ2n) is 3.70. The van der Waals surface area contributed by atoms with Gasteiger partial charge in [0.2, 0.25) is 0 Å². The Hall–Kier alpha value is -3.01. The van der Waals surface area contributed by atoms with Gasteiger partial charge in [-0.05, 0) is 12.1 Å². The number of aromatic nitrogens is 1. The molecule has 2 rings (SSSR count). The smallest absolute Gasteiger partial charge is 0.300 e. The minimum atomic E-state index is -1.05. The maximum Gasteiger partial charge on any atom is 0.300 e. The molecule has 0 aliphatic carbocycles. The van der Waals surface area contributed by atoms with E-state index in [1.807, 2.05) is 0 Å². The highest BCUT2D eigenvalue weighted by atomic mass is 16.5. The van der Waals surface area contributed by atoms with Crippen LogP contribution in [0.1, 0.15) is 10.4 Å². The lowest BCUT2D eigenvalue weighted by atomic mass is 10.1. The Morgan fingerprint density at radius 1 is 1.42 bits per heavy atom. The van der Waals surface area contributed by atoms with E-state index in [1.54, 1.807) is 18.2 Å². The summed E-state index contributed by atoms with van der Waals surface area (Å²) in [6.45, 7) is -0.310. The topological polar surface area (TPSA) is 115 Å². The van der Waals surface area contributed by atoms with E-state index in [-0.39, 0.29) is 22.2 Å². The molecule has 0 saturated heterocycles. The number of nitriles is 1. The summed E-state index contributed by atoms with van der Waals surface area (Å²) in [5.74, 6) is -1.45. The van der Waals surface area contributed by atoms with Gasteiger partial charge < -0.3 is 15.6 Å². The largest absolute Gasteiger partial charge is 0.506 e. The summed E-state index contributed by atoms with van der Waals surface area (Å²) >= 11 is 0. The van der Waals surface area contributed by atoms with E-state index in [9.17, 15) is 19.9 Å². The van der Waals surface area contributed by atoms with E-state index in [2.05, 4.69) is 5.32 Å². The number of nitrogens with zero attached hydrogens (tertiary/aromatic N) is 2. The van der Waals surface area contributed by atoms with Crippen molar-refractivity contribution < 1.29 is 15.1 Å². The van der Waals surface area contributed by atoms with Gasteiger partial charge in [0.1, 0.15) is 12.3 Å². The molecule has 19 heavy (non-hydrogen) atoms. The van der Waals surface area contributed by atoms with Crippen molar-refractivity contribution in [2.45, 2.75) is 0 Å². The fourth-order valence-electron chi connectivity index (χ4n) is 1.72. The van der Waals surface area contributed by atoms with Gasteiger partial charge in [-0.3, -0.25) is 9.59 Å². The number of fused-ring (bicyclic) bond motifs is 1. The van der Waals surface area contributed by atoms with E-state index < -0.39 is 22.8 Å². The number of para-hydroxylation sites is 1. The van der Waals surface area contributed by atoms with Crippen LogP contribution in [0.15, 0.2) is 29.1 Å². The third-order valence-corrected chi connectivity index (χ3v) is 2.59.